The average molecular weight is 306 g/mol. The minimum atomic E-state index is -4.84. The van der Waals surface area contributed by atoms with Gasteiger partial charge in [-0.1, -0.05) is 19.9 Å². The van der Waals surface area contributed by atoms with Crippen molar-refractivity contribution in [3.8, 4) is 0 Å². The molecule has 0 aromatic heterocycles. The Labute approximate surface area is 122 Å². The van der Waals surface area contributed by atoms with Gasteiger partial charge in [-0.2, -0.15) is 13.2 Å². The lowest BCUT2D eigenvalue weighted by molar-refractivity contribution is -0.173. The first kappa shape index (κ1) is 17.5. The van der Waals surface area contributed by atoms with Crippen molar-refractivity contribution < 1.29 is 22.8 Å². The zero-order chi connectivity index (χ0) is 16.0. The molecule has 0 unspecified atom stereocenters. The molecule has 0 atom stereocenters. The van der Waals surface area contributed by atoms with E-state index in [4.69, 9.17) is 0 Å². The van der Waals surface area contributed by atoms with Gasteiger partial charge >= 0.3 is 12.1 Å². The fourth-order valence-corrected chi connectivity index (χ4v) is 2.07. The van der Waals surface area contributed by atoms with Crippen LogP contribution in [0.25, 0.3) is 0 Å². The van der Waals surface area contributed by atoms with Crippen molar-refractivity contribution in [2.24, 2.45) is 11.8 Å². The quantitative estimate of drug-likeness (QED) is 0.809. The number of carbonyl (C=O) groups excluding carboxylic acids is 2. The van der Waals surface area contributed by atoms with Gasteiger partial charge in [0.25, 0.3) is 0 Å². The summed E-state index contributed by atoms with van der Waals surface area (Å²) in [6.45, 7) is 4.96. The number of nitrogens with zero attached hydrogens (tertiary/aromatic N) is 1. The predicted molar refractivity (Wildman–Crippen MR) is 72.3 cm³/mol. The molecular formula is C14H21F3N2O2. The summed E-state index contributed by atoms with van der Waals surface area (Å²) in [5.74, 6) is -1.69. The average Bonchev–Trinajstić information content (AvgIpc) is 2.41. The molecule has 4 nitrogen and oxygen atoms in total. The van der Waals surface area contributed by atoms with E-state index in [1.807, 2.05) is 25.2 Å². The van der Waals surface area contributed by atoms with Gasteiger partial charge in [0, 0.05) is 19.6 Å². The van der Waals surface area contributed by atoms with E-state index in [0.717, 1.165) is 0 Å². The number of halogens is 3. The molecule has 1 fully saturated rings. The van der Waals surface area contributed by atoms with Gasteiger partial charge in [0.15, 0.2) is 0 Å². The second-order valence-corrected chi connectivity index (χ2v) is 5.58. The van der Waals surface area contributed by atoms with Crippen molar-refractivity contribution in [1.29, 1.82) is 0 Å². The first-order valence-electron chi connectivity index (χ1n) is 7.02. The number of nitrogens with one attached hydrogen (secondary N) is 1. The van der Waals surface area contributed by atoms with Gasteiger partial charge in [-0.3, -0.25) is 9.59 Å². The molecule has 0 spiro atoms. The Kier molecular flexibility index (Phi) is 6.23. The monoisotopic (exact) mass is 306 g/mol. The highest BCUT2D eigenvalue weighted by atomic mass is 19.4. The van der Waals surface area contributed by atoms with E-state index >= 15 is 0 Å². The Balaban J connectivity index is 2.32. The van der Waals surface area contributed by atoms with Crippen molar-refractivity contribution in [3.05, 3.63) is 12.2 Å². The fraction of sp³-hybridized carbons (Fsp3) is 0.714. The van der Waals surface area contributed by atoms with Crippen LogP contribution in [0.15, 0.2) is 12.2 Å². The number of amides is 2. The van der Waals surface area contributed by atoms with Gasteiger partial charge in [0.2, 0.25) is 5.91 Å². The van der Waals surface area contributed by atoms with Crippen molar-refractivity contribution in [2.75, 3.05) is 19.6 Å². The first-order chi connectivity index (χ1) is 9.70. The summed E-state index contributed by atoms with van der Waals surface area (Å²) in [7, 11) is 0. The molecule has 7 heteroatoms. The van der Waals surface area contributed by atoms with E-state index in [1.165, 1.54) is 6.08 Å². The minimum absolute atomic E-state index is 0.00219. The number of allylic oxidation sites excluding steroid dienone is 1. The lowest BCUT2D eigenvalue weighted by Crippen LogP contribution is -2.43. The first-order valence-corrected chi connectivity index (χ1v) is 7.02. The highest BCUT2D eigenvalue weighted by Crippen LogP contribution is 2.18. The summed E-state index contributed by atoms with van der Waals surface area (Å²) in [4.78, 5) is 24.2. The minimum Gasteiger partial charge on any atom is -0.348 e. The lowest BCUT2D eigenvalue weighted by Gasteiger charge is -2.31. The van der Waals surface area contributed by atoms with E-state index in [9.17, 15) is 22.8 Å². The van der Waals surface area contributed by atoms with E-state index in [-0.39, 0.29) is 18.4 Å². The van der Waals surface area contributed by atoms with Crippen LogP contribution in [0.1, 0.15) is 26.7 Å². The molecule has 2 amide bonds. The van der Waals surface area contributed by atoms with Gasteiger partial charge in [-0.05, 0) is 30.8 Å². The van der Waals surface area contributed by atoms with Crippen LogP contribution in [-0.2, 0) is 9.59 Å². The van der Waals surface area contributed by atoms with E-state index < -0.39 is 12.1 Å². The third kappa shape index (κ3) is 6.18. The molecule has 1 rings (SSSR count). The third-order valence-electron chi connectivity index (χ3n) is 3.36. The normalized spacial score (nSPS) is 17.5. The van der Waals surface area contributed by atoms with Crippen LogP contribution in [0.3, 0.4) is 0 Å². The molecule has 0 saturated carbocycles. The molecular weight excluding hydrogens is 285 g/mol. The van der Waals surface area contributed by atoms with Crippen LogP contribution in [0.5, 0.6) is 0 Å². The molecule has 0 aromatic carbocycles. The molecule has 1 heterocycles. The fourth-order valence-electron chi connectivity index (χ4n) is 2.07. The maximum atomic E-state index is 12.0. The van der Waals surface area contributed by atoms with Crippen molar-refractivity contribution >= 4 is 11.8 Å². The smallest absolute Gasteiger partial charge is 0.348 e. The Morgan fingerprint density at radius 2 is 1.86 bits per heavy atom. The highest BCUT2D eigenvalue weighted by Gasteiger charge is 2.38. The van der Waals surface area contributed by atoms with Gasteiger partial charge in [0.05, 0.1) is 0 Å². The third-order valence-corrected chi connectivity index (χ3v) is 3.36. The topological polar surface area (TPSA) is 49.4 Å². The van der Waals surface area contributed by atoms with E-state index in [0.29, 0.717) is 31.8 Å². The van der Waals surface area contributed by atoms with Crippen LogP contribution < -0.4 is 5.32 Å². The Hall–Kier alpha value is -1.53. The maximum Gasteiger partial charge on any atom is 0.471 e. The van der Waals surface area contributed by atoms with Crippen molar-refractivity contribution in [2.45, 2.75) is 32.9 Å². The van der Waals surface area contributed by atoms with E-state index in [2.05, 4.69) is 0 Å². The zero-order valence-electron chi connectivity index (χ0n) is 12.2. The van der Waals surface area contributed by atoms with Gasteiger partial charge in [-0.25, -0.2) is 0 Å². The summed E-state index contributed by atoms with van der Waals surface area (Å²) in [5.41, 5.74) is 0. The molecule has 120 valence electrons. The summed E-state index contributed by atoms with van der Waals surface area (Å²) < 4.78 is 36.1. The number of rotatable bonds is 4. The number of likely N-dealkylation sites (tertiary alicyclic amines) is 1. The molecule has 0 aromatic rings. The Bertz CT molecular complexity index is 398. The molecule has 1 saturated heterocycles. The Morgan fingerprint density at radius 3 is 2.33 bits per heavy atom. The molecule has 0 radical (unpaired) electrons. The molecule has 1 aliphatic rings. The van der Waals surface area contributed by atoms with Crippen molar-refractivity contribution in [1.82, 2.24) is 10.2 Å². The number of carbonyl (C=O) groups is 2. The number of hydrogen-bond donors (Lipinski definition) is 1. The number of alkyl halides is 3. The van der Waals surface area contributed by atoms with Crippen LogP contribution in [0.2, 0.25) is 0 Å². The maximum absolute atomic E-state index is 12.0. The van der Waals surface area contributed by atoms with Crippen LogP contribution in [0.4, 0.5) is 13.2 Å². The number of hydrogen-bond acceptors (Lipinski definition) is 2. The molecule has 0 bridgehead atoms. The van der Waals surface area contributed by atoms with E-state index in [1.54, 1.807) is 4.90 Å². The summed E-state index contributed by atoms with van der Waals surface area (Å²) in [6, 6.07) is 0. The lowest BCUT2D eigenvalue weighted by atomic mass is 9.96. The second-order valence-electron chi connectivity index (χ2n) is 5.58. The van der Waals surface area contributed by atoms with Crippen LogP contribution >= 0.6 is 0 Å². The Morgan fingerprint density at radius 1 is 1.29 bits per heavy atom. The molecule has 1 aliphatic heterocycles. The van der Waals surface area contributed by atoms with Gasteiger partial charge in [0.1, 0.15) is 0 Å². The summed E-state index contributed by atoms with van der Waals surface area (Å²) in [5, 5.41) is 1.90. The van der Waals surface area contributed by atoms with Crippen LogP contribution in [-0.4, -0.2) is 42.5 Å². The zero-order valence-corrected chi connectivity index (χ0v) is 12.2. The van der Waals surface area contributed by atoms with Crippen LogP contribution in [0, 0.1) is 11.8 Å². The SMILES string of the molecule is CC(C)/C=C/C(=O)N1CCC(CNC(=O)C(F)(F)F)CC1. The molecule has 21 heavy (non-hydrogen) atoms. The van der Waals surface area contributed by atoms with Crippen molar-refractivity contribution in [3.63, 3.8) is 0 Å². The predicted octanol–water partition coefficient (Wildman–Crippen LogP) is 2.12. The number of piperidine rings is 1. The second kappa shape index (κ2) is 7.47. The highest BCUT2D eigenvalue weighted by molar-refractivity contribution is 5.87. The summed E-state index contributed by atoms with van der Waals surface area (Å²) >= 11 is 0. The standard InChI is InChI=1S/C14H21F3N2O2/c1-10(2)3-4-12(20)19-7-5-11(6-8-19)9-18-13(21)14(15,16)17/h3-4,10-11H,5-9H2,1-2H3,(H,18,21)/b4-3+. The largest absolute Gasteiger partial charge is 0.471 e. The summed E-state index contributed by atoms with van der Waals surface area (Å²) in [6.07, 6.45) is -0.286. The van der Waals surface area contributed by atoms with Gasteiger partial charge in [-0.15, -0.1) is 0 Å². The molecule has 1 N–H and O–H groups in total. The van der Waals surface area contributed by atoms with Gasteiger partial charge < -0.3 is 10.2 Å². The molecule has 0 aliphatic carbocycles.